The lowest BCUT2D eigenvalue weighted by molar-refractivity contribution is -0.123. The van der Waals surface area contributed by atoms with Crippen molar-refractivity contribution in [2.45, 2.75) is 6.92 Å². The second kappa shape index (κ2) is 36.3. The Kier molecular flexibility index (Phi) is 29.4. The number of nitrogens with two attached hydrogens (primary N) is 1. The lowest BCUT2D eigenvalue weighted by Gasteiger charge is -2.05. The van der Waals surface area contributed by atoms with Gasteiger partial charge in [0.2, 0.25) is 5.91 Å². The molecule has 0 radical (unpaired) electrons. The third-order valence-corrected chi connectivity index (χ3v) is 1.13. The van der Waals surface area contributed by atoms with Crippen molar-refractivity contribution < 1.29 is 40.0 Å². The molecule has 0 unspecified atom stereocenters. The highest BCUT2D eigenvalue weighted by molar-refractivity contribution is 5.72. The quantitative estimate of drug-likeness (QED) is 0.183. The molecule has 0 aromatic carbocycles. The van der Waals surface area contributed by atoms with Crippen LogP contribution in [0.4, 0.5) is 0 Å². The van der Waals surface area contributed by atoms with Gasteiger partial charge in [-0.1, -0.05) is 0 Å². The fourth-order valence-electron chi connectivity index (χ4n) is 0.587. The molecule has 132 valence electrons. The fourth-order valence-corrected chi connectivity index (χ4v) is 0.587. The molecular weight excluding hydrogens is 300 g/mol. The van der Waals surface area contributed by atoms with E-state index in [-0.39, 0.29) is 51.5 Å². The van der Waals surface area contributed by atoms with Crippen molar-refractivity contribution in [1.82, 2.24) is 16.0 Å². The number of rotatable bonds is 8. The Hall–Kier alpha value is -2.24. The summed E-state index contributed by atoms with van der Waals surface area (Å²) >= 11 is 0. The molecule has 11 nitrogen and oxygen atoms in total. The molecule has 8 N–H and O–H groups in total. The van der Waals surface area contributed by atoms with Crippen molar-refractivity contribution in [3.05, 3.63) is 0 Å². The minimum atomic E-state index is -2.25. The van der Waals surface area contributed by atoms with Gasteiger partial charge in [0, 0.05) is 51.6 Å². The highest BCUT2D eigenvalue weighted by Crippen LogP contribution is 1.62. The molecule has 0 bridgehead atoms. The predicted octanol–water partition coefficient (Wildman–Crippen LogP) is -2.64. The van der Waals surface area contributed by atoms with Crippen LogP contribution in [-0.2, 0) is 19.2 Å². The van der Waals surface area contributed by atoms with E-state index in [4.69, 9.17) is 40.9 Å². The molecule has 0 saturated carbocycles. The first kappa shape index (κ1) is 17.8. The highest BCUT2D eigenvalue weighted by Gasteiger charge is 1.89. The van der Waals surface area contributed by atoms with Gasteiger partial charge in [-0.2, -0.15) is 0 Å². The van der Waals surface area contributed by atoms with Gasteiger partial charge in [-0.15, -0.1) is 0 Å². The summed E-state index contributed by atoms with van der Waals surface area (Å²) in [5.41, 5.74) is 5.21. The van der Waals surface area contributed by atoms with Gasteiger partial charge in [0.05, 0.1) is 0 Å². The van der Waals surface area contributed by atoms with Crippen LogP contribution >= 0.6 is 0 Å². The van der Waals surface area contributed by atoms with Crippen molar-refractivity contribution in [2.24, 2.45) is 5.73 Å². The van der Waals surface area contributed by atoms with E-state index in [9.17, 15) is 4.79 Å². The van der Waals surface area contributed by atoms with Gasteiger partial charge >= 0.3 is 0 Å². The summed E-state index contributed by atoms with van der Waals surface area (Å²) in [6.45, 7) is -3.10. The van der Waals surface area contributed by atoms with Crippen LogP contribution in [0.5, 0.6) is 0 Å². The van der Waals surface area contributed by atoms with Gasteiger partial charge in [-0.25, -0.2) is 0 Å². The number of amides is 1. The molecule has 0 fully saturated rings. The molecule has 0 heterocycles. The second-order valence-electron chi connectivity index (χ2n) is 2.69. The third kappa shape index (κ3) is 82.8. The van der Waals surface area contributed by atoms with Crippen molar-refractivity contribution in [2.75, 3.05) is 39.2 Å². The van der Waals surface area contributed by atoms with Crippen LogP contribution in [-0.4, -0.2) is 79.8 Å². The van der Waals surface area contributed by atoms with Gasteiger partial charge in [0.1, 0.15) is 0 Å². The predicted molar refractivity (Wildman–Crippen MR) is 79.6 cm³/mol. The first-order valence-electron chi connectivity index (χ1n) is 7.65. The van der Waals surface area contributed by atoms with E-state index >= 15 is 0 Å². The summed E-state index contributed by atoms with van der Waals surface area (Å²) in [7, 11) is 0. The fraction of sp³-hybridized carbons (Fsp3) is 0.636. The van der Waals surface area contributed by atoms with Gasteiger partial charge in [0.15, 0.2) is 0 Å². The molecule has 11 heteroatoms. The molecule has 0 saturated heterocycles. The number of carbonyl (C=O) groups excluding carboxylic acids is 1. The molecule has 0 rings (SSSR count). The number of hydrogen-bond donors (Lipinski definition) is 7. The molecular formula is C11H26N4O7. The topological polar surface area (TPSA) is 191 Å². The number of carboxylic acid groups (broad SMARTS) is 3. The van der Waals surface area contributed by atoms with E-state index in [1.165, 1.54) is 6.92 Å². The van der Waals surface area contributed by atoms with E-state index in [0.29, 0.717) is 0 Å². The lowest BCUT2D eigenvalue weighted by atomic mass is 10.5. The Labute approximate surface area is 134 Å². The van der Waals surface area contributed by atoms with Crippen LogP contribution in [0.2, 0.25) is 0 Å². The Morgan fingerprint density at radius 1 is 1.00 bits per heavy atom. The van der Waals surface area contributed by atoms with Gasteiger partial charge in [-0.3, -0.25) is 19.2 Å². The van der Waals surface area contributed by atoms with E-state index in [2.05, 4.69) is 16.0 Å². The molecule has 0 aromatic heterocycles. The standard InChI is InChI=1S/C8H20N4O.3CH2O2/c1-8(13)12-7-6-11-5-4-10-3-2-9;3*2-1-3/h10-11H,2-7,9H2,1H3,(H,12,13);3*1H,(H,2,3)/i4D2,5D2;;;. The van der Waals surface area contributed by atoms with Crippen LogP contribution in [0.25, 0.3) is 0 Å². The maximum absolute atomic E-state index is 10.6. The van der Waals surface area contributed by atoms with Gasteiger partial charge in [0.25, 0.3) is 19.4 Å². The van der Waals surface area contributed by atoms with Gasteiger partial charge in [-0.05, 0) is 0 Å². The average Bonchev–Trinajstić information content (AvgIpc) is 2.51. The van der Waals surface area contributed by atoms with E-state index in [1.54, 1.807) is 0 Å². The summed E-state index contributed by atoms with van der Waals surface area (Å²) < 4.78 is 30.2. The van der Waals surface area contributed by atoms with Crippen LogP contribution in [0.15, 0.2) is 0 Å². The maximum atomic E-state index is 10.6. The average molecular weight is 330 g/mol. The Morgan fingerprint density at radius 2 is 1.36 bits per heavy atom. The zero-order chi connectivity index (χ0) is 21.6. The minimum Gasteiger partial charge on any atom is -0.483 e. The smallest absolute Gasteiger partial charge is 0.290 e. The van der Waals surface area contributed by atoms with Crippen molar-refractivity contribution >= 4 is 25.3 Å². The third-order valence-electron chi connectivity index (χ3n) is 1.13. The highest BCUT2D eigenvalue weighted by atomic mass is 16.4. The van der Waals surface area contributed by atoms with E-state index in [0.717, 1.165) is 0 Å². The lowest BCUT2D eigenvalue weighted by Crippen LogP contribution is -2.35. The Bertz CT molecular complexity index is 362. The van der Waals surface area contributed by atoms with Crippen LogP contribution in [0, 0.1) is 0 Å². The zero-order valence-electron chi connectivity index (χ0n) is 16.1. The summed E-state index contributed by atoms with van der Waals surface area (Å²) in [5, 5.41) is 27.9. The van der Waals surface area contributed by atoms with E-state index < -0.39 is 13.0 Å². The summed E-state index contributed by atoms with van der Waals surface area (Å²) in [5.74, 6) is -0.211. The first-order valence-corrected chi connectivity index (χ1v) is 5.65. The number of nitrogens with one attached hydrogen (secondary N) is 3. The second-order valence-corrected chi connectivity index (χ2v) is 2.69. The van der Waals surface area contributed by atoms with Crippen LogP contribution in [0.3, 0.4) is 0 Å². The first-order chi connectivity index (χ1) is 12.0. The maximum Gasteiger partial charge on any atom is 0.290 e. The summed E-state index contributed by atoms with van der Waals surface area (Å²) in [4.78, 5) is 35.7. The van der Waals surface area contributed by atoms with Crippen LogP contribution in [0.1, 0.15) is 12.4 Å². The monoisotopic (exact) mass is 330 g/mol. The van der Waals surface area contributed by atoms with Gasteiger partial charge < -0.3 is 37.0 Å². The normalized spacial score (nSPS) is 11.5. The molecule has 0 aliphatic carbocycles. The van der Waals surface area contributed by atoms with Crippen molar-refractivity contribution in [3.8, 4) is 0 Å². The molecule has 22 heavy (non-hydrogen) atoms. The molecule has 0 spiro atoms. The zero-order valence-corrected chi connectivity index (χ0v) is 12.1. The molecule has 0 atom stereocenters. The van der Waals surface area contributed by atoms with E-state index in [1.807, 2.05) is 0 Å². The molecule has 0 aliphatic heterocycles. The Morgan fingerprint density at radius 3 is 1.68 bits per heavy atom. The number of hydrogen-bond acceptors (Lipinski definition) is 7. The summed E-state index contributed by atoms with van der Waals surface area (Å²) in [6, 6.07) is 0. The minimum absolute atomic E-state index is 0.135. The molecule has 0 aliphatic rings. The van der Waals surface area contributed by atoms with Crippen LogP contribution < -0.4 is 21.7 Å². The number of carbonyl (C=O) groups is 4. The molecule has 0 aromatic rings. The van der Waals surface area contributed by atoms with Crippen molar-refractivity contribution in [3.63, 3.8) is 0 Å². The largest absolute Gasteiger partial charge is 0.483 e. The molecule has 1 amide bonds. The van der Waals surface area contributed by atoms with Crippen molar-refractivity contribution in [1.29, 1.82) is 0 Å². The summed E-state index contributed by atoms with van der Waals surface area (Å²) in [6.07, 6.45) is 0. The SMILES string of the molecule is O=CO.O=CO.O=CO.[2H]C([2H])(NCCN)C([2H])([2H])NCCNC(C)=O. The Balaban J connectivity index is -0.000000224.